The summed E-state index contributed by atoms with van der Waals surface area (Å²) >= 11 is 0. The lowest BCUT2D eigenvalue weighted by Crippen LogP contribution is -2.53. The molecule has 10 heteroatoms. The molecule has 0 aromatic heterocycles. The van der Waals surface area contributed by atoms with Crippen LogP contribution < -0.4 is 14.4 Å². The number of amides is 2. The third-order valence-electron chi connectivity index (χ3n) is 7.27. The van der Waals surface area contributed by atoms with Crippen LogP contribution in [0.25, 0.3) is 0 Å². The van der Waals surface area contributed by atoms with Crippen LogP contribution in [0.1, 0.15) is 31.9 Å². The number of ether oxygens (including phenoxy) is 1. The van der Waals surface area contributed by atoms with Gasteiger partial charge in [0.05, 0.1) is 17.2 Å². The van der Waals surface area contributed by atoms with Crippen LogP contribution in [-0.4, -0.2) is 50.9 Å². The topological polar surface area (TPSA) is 96.0 Å². The Morgan fingerprint density at radius 2 is 1.43 bits per heavy atom. The molecule has 4 aromatic carbocycles. The predicted molar refractivity (Wildman–Crippen MR) is 177 cm³/mol. The molecule has 0 bridgehead atoms. The number of anilines is 1. The van der Waals surface area contributed by atoms with Crippen LogP contribution in [0.5, 0.6) is 5.75 Å². The van der Waals surface area contributed by atoms with Crippen LogP contribution in [0, 0.1) is 11.7 Å². The molecular weight excluding hydrogens is 605 g/mol. The molecule has 1 atom stereocenters. The Hall–Kier alpha value is -4.70. The maximum atomic E-state index is 14.4. The zero-order valence-electron chi connectivity index (χ0n) is 26.3. The van der Waals surface area contributed by atoms with Crippen molar-refractivity contribution >= 4 is 27.5 Å². The van der Waals surface area contributed by atoms with Crippen LogP contribution in [0.3, 0.4) is 0 Å². The van der Waals surface area contributed by atoms with Gasteiger partial charge >= 0.3 is 0 Å². The third-order valence-corrected chi connectivity index (χ3v) is 9.06. The minimum Gasteiger partial charge on any atom is -0.494 e. The number of carbonyl (C=O) groups excluding carboxylic acids is 2. The summed E-state index contributed by atoms with van der Waals surface area (Å²) < 4.78 is 48.6. The predicted octanol–water partition coefficient (Wildman–Crippen LogP) is 5.83. The van der Waals surface area contributed by atoms with Crippen molar-refractivity contribution in [2.45, 2.75) is 44.7 Å². The van der Waals surface area contributed by atoms with Crippen molar-refractivity contribution in [3.05, 3.63) is 126 Å². The number of nitrogens with zero attached hydrogens (tertiary/aromatic N) is 2. The summed E-state index contributed by atoms with van der Waals surface area (Å²) in [6.07, 6.45) is 0.189. The largest absolute Gasteiger partial charge is 0.494 e. The fourth-order valence-electron chi connectivity index (χ4n) is 4.89. The zero-order valence-corrected chi connectivity index (χ0v) is 27.1. The zero-order chi connectivity index (χ0) is 33.1. The molecule has 0 radical (unpaired) electrons. The van der Waals surface area contributed by atoms with E-state index >= 15 is 0 Å². The lowest BCUT2D eigenvalue weighted by atomic mass is 10.0. The van der Waals surface area contributed by atoms with Gasteiger partial charge in [0.15, 0.2) is 0 Å². The van der Waals surface area contributed by atoms with Crippen molar-refractivity contribution < 1.29 is 27.1 Å². The van der Waals surface area contributed by atoms with Gasteiger partial charge in [0.25, 0.3) is 10.0 Å². The molecule has 0 aliphatic carbocycles. The highest BCUT2D eigenvalue weighted by atomic mass is 32.2. The second-order valence-corrected chi connectivity index (χ2v) is 13.1. The van der Waals surface area contributed by atoms with E-state index in [1.165, 1.54) is 29.2 Å². The summed E-state index contributed by atoms with van der Waals surface area (Å²) in [6, 6.07) is 28.4. The summed E-state index contributed by atoms with van der Waals surface area (Å²) in [5.41, 5.74) is 1.70. The Bertz CT molecular complexity index is 1670. The molecule has 0 aliphatic rings. The molecule has 4 aromatic rings. The van der Waals surface area contributed by atoms with E-state index in [9.17, 15) is 22.4 Å². The molecule has 2 amide bonds. The lowest BCUT2D eigenvalue weighted by molar-refractivity contribution is -0.140. The van der Waals surface area contributed by atoms with Crippen molar-refractivity contribution in [2.24, 2.45) is 5.92 Å². The maximum Gasteiger partial charge on any atom is 0.264 e. The monoisotopic (exact) mass is 645 g/mol. The number of benzene rings is 4. The summed E-state index contributed by atoms with van der Waals surface area (Å²) in [6.45, 7) is 5.97. The van der Waals surface area contributed by atoms with Gasteiger partial charge < -0.3 is 15.0 Å². The minimum absolute atomic E-state index is 0.0202. The first-order chi connectivity index (χ1) is 22.1. The van der Waals surface area contributed by atoms with Gasteiger partial charge in [0.2, 0.25) is 11.8 Å². The van der Waals surface area contributed by atoms with Crippen molar-refractivity contribution in [1.82, 2.24) is 10.2 Å². The summed E-state index contributed by atoms with van der Waals surface area (Å²) in [4.78, 5) is 29.6. The van der Waals surface area contributed by atoms with Gasteiger partial charge in [-0.15, -0.1) is 0 Å². The SMILES string of the molecule is CCOc1ccc(S(=O)(=O)N(CC(=O)N(Cc2ccc(F)cc2)[C@@H](Cc2ccccc2)C(=O)NCC(C)C)c2ccccc2)cc1. The Labute approximate surface area is 270 Å². The molecule has 0 saturated carbocycles. The van der Waals surface area contributed by atoms with E-state index in [0.29, 0.717) is 24.5 Å². The number of rotatable bonds is 15. The van der Waals surface area contributed by atoms with E-state index in [1.54, 1.807) is 54.6 Å². The smallest absolute Gasteiger partial charge is 0.264 e. The van der Waals surface area contributed by atoms with E-state index < -0.39 is 34.3 Å². The summed E-state index contributed by atoms with van der Waals surface area (Å²) in [5, 5.41) is 2.95. The number of halogens is 1. The minimum atomic E-state index is -4.24. The Morgan fingerprint density at radius 3 is 2.02 bits per heavy atom. The van der Waals surface area contributed by atoms with Gasteiger partial charge in [-0.2, -0.15) is 0 Å². The number of para-hydroxylation sites is 1. The maximum absolute atomic E-state index is 14.4. The molecule has 4 rings (SSSR count). The molecule has 0 spiro atoms. The molecule has 0 unspecified atom stereocenters. The molecule has 0 aliphatic heterocycles. The normalized spacial score (nSPS) is 11.9. The van der Waals surface area contributed by atoms with Crippen LogP contribution in [0.4, 0.5) is 10.1 Å². The molecule has 242 valence electrons. The van der Waals surface area contributed by atoms with Gasteiger partial charge in [0.1, 0.15) is 24.2 Å². The van der Waals surface area contributed by atoms with Crippen LogP contribution in [-0.2, 0) is 32.6 Å². The second-order valence-electron chi connectivity index (χ2n) is 11.2. The van der Waals surface area contributed by atoms with E-state index in [1.807, 2.05) is 51.1 Å². The number of nitrogens with one attached hydrogen (secondary N) is 1. The van der Waals surface area contributed by atoms with Gasteiger partial charge in [-0.3, -0.25) is 13.9 Å². The van der Waals surface area contributed by atoms with E-state index in [0.717, 1.165) is 9.87 Å². The summed E-state index contributed by atoms with van der Waals surface area (Å²) in [7, 11) is -4.24. The van der Waals surface area contributed by atoms with Crippen LogP contribution >= 0.6 is 0 Å². The highest BCUT2D eigenvalue weighted by molar-refractivity contribution is 7.92. The van der Waals surface area contributed by atoms with E-state index in [2.05, 4.69) is 5.32 Å². The Kier molecular flexibility index (Phi) is 11.9. The van der Waals surface area contributed by atoms with Gasteiger partial charge in [-0.1, -0.05) is 74.5 Å². The fraction of sp³-hybridized carbons (Fsp3) is 0.278. The Morgan fingerprint density at radius 1 is 0.826 bits per heavy atom. The van der Waals surface area contributed by atoms with Gasteiger partial charge in [0, 0.05) is 19.5 Å². The second kappa shape index (κ2) is 16.0. The molecular formula is C36H40FN3O5S. The number of sulfonamides is 1. The summed E-state index contributed by atoms with van der Waals surface area (Å²) in [5.74, 6) is -0.716. The van der Waals surface area contributed by atoms with Gasteiger partial charge in [-0.05, 0) is 72.5 Å². The van der Waals surface area contributed by atoms with Crippen LogP contribution in [0.15, 0.2) is 114 Å². The molecule has 0 saturated heterocycles. The Balaban J connectivity index is 1.76. The molecule has 0 heterocycles. The first-order valence-electron chi connectivity index (χ1n) is 15.2. The van der Waals surface area contributed by atoms with Crippen molar-refractivity contribution in [1.29, 1.82) is 0 Å². The average Bonchev–Trinajstić information content (AvgIpc) is 3.06. The number of hydrogen-bond acceptors (Lipinski definition) is 5. The average molecular weight is 646 g/mol. The van der Waals surface area contributed by atoms with Crippen molar-refractivity contribution in [3.8, 4) is 5.75 Å². The van der Waals surface area contributed by atoms with E-state index in [4.69, 9.17) is 4.74 Å². The molecule has 8 nitrogen and oxygen atoms in total. The van der Waals surface area contributed by atoms with Crippen molar-refractivity contribution in [3.63, 3.8) is 0 Å². The van der Waals surface area contributed by atoms with Crippen molar-refractivity contribution in [2.75, 3.05) is 24.0 Å². The molecule has 0 fully saturated rings. The number of carbonyl (C=O) groups is 2. The first kappa shape index (κ1) is 34.2. The fourth-order valence-corrected chi connectivity index (χ4v) is 6.30. The quantitative estimate of drug-likeness (QED) is 0.176. The lowest BCUT2D eigenvalue weighted by Gasteiger charge is -2.34. The standard InChI is InChI=1S/C36H40FN3O5S/c1-4-45-32-19-21-33(22-20-32)46(43,44)40(31-13-9-6-10-14-31)26-35(41)39(25-29-15-17-30(37)18-16-29)34(36(42)38-24-27(2)3)23-28-11-7-5-8-12-28/h5-22,27,34H,4,23-26H2,1-3H3,(H,38,42)/t34-/m0/s1. The highest BCUT2D eigenvalue weighted by Gasteiger charge is 2.34. The van der Waals surface area contributed by atoms with Crippen LogP contribution in [0.2, 0.25) is 0 Å². The van der Waals surface area contributed by atoms with Gasteiger partial charge in [-0.25, -0.2) is 12.8 Å². The third kappa shape index (κ3) is 9.17. The van der Waals surface area contributed by atoms with E-state index in [-0.39, 0.29) is 35.4 Å². The molecule has 46 heavy (non-hydrogen) atoms. The first-order valence-corrected chi connectivity index (χ1v) is 16.7. The molecule has 1 N–H and O–H groups in total. The highest BCUT2D eigenvalue weighted by Crippen LogP contribution is 2.26. The number of hydrogen-bond donors (Lipinski definition) is 1.